The molecular formula is C12H15BrN2O. The summed E-state index contributed by atoms with van der Waals surface area (Å²) in [5.74, 6) is 0. The zero-order chi connectivity index (χ0) is 11.5. The normalized spacial score (nSPS) is 11.2. The number of hydrogen-bond acceptors (Lipinski definition) is 2. The quantitative estimate of drug-likeness (QED) is 0.637. The van der Waals surface area contributed by atoms with Gasteiger partial charge in [0.05, 0.1) is 11.0 Å². The van der Waals surface area contributed by atoms with Crippen LogP contribution in [-0.4, -0.2) is 23.3 Å². The number of ether oxygens (including phenoxy) is 1. The van der Waals surface area contributed by atoms with Crippen LogP contribution in [0.25, 0.3) is 11.0 Å². The summed E-state index contributed by atoms with van der Waals surface area (Å²) in [4.78, 5) is 4.53. The molecule has 2 aromatic heterocycles. The monoisotopic (exact) mass is 282 g/mol. The first-order chi connectivity index (χ1) is 7.72. The summed E-state index contributed by atoms with van der Waals surface area (Å²) in [6, 6.07) is 4.06. The molecule has 4 heteroatoms. The molecular weight excluding hydrogens is 268 g/mol. The predicted octanol–water partition coefficient (Wildman–Crippen LogP) is 2.91. The molecule has 0 radical (unpaired) electrons. The summed E-state index contributed by atoms with van der Waals surface area (Å²) >= 11 is 3.41. The van der Waals surface area contributed by atoms with Crippen LogP contribution in [0, 0.1) is 0 Å². The van der Waals surface area contributed by atoms with Crippen LogP contribution in [0.5, 0.6) is 0 Å². The molecule has 0 bridgehead atoms. The summed E-state index contributed by atoms with van der Waals surface area (Å²) < 4.78 is 8.08. The fourth-order valence-corrected chi connectivity index (χ4v) is 2.21. The van der Waals surface area contributed by atoms with E-state index in [1.807, 2.05) is 6.07 Å². The van der Waals surface area contributed by atoms with Gasteiger partial charge in [0.15, 0.2) is 0 Å². The van der Waals surface area contributed by atoms with Crippen molar-refractivity contribution in [3.63, 3.8) is 0 Å². The minimum absolute atomic E-state index is 0.796. The van der Waals surface area contributed by atoms with Crippen LogP contribution in [0.1, 0.15) is 12.0 Å². The van der Waals surface area contributed by atoms with E-state index in [4.69, 9.17) is 4.74 Å². The van der Waals surface area contributed by atoms with Crippen molar-refractivity contribution in [2.75, 3.05) is 13.7 Å². The van der Waals surface area contributed by atoms with Gasteiger partial charge in [-0.25, -0.2) is 4.98 Å². The van der Waals surface area contributed by atoms with Gasteiger partial charge in [0.1, 0.15) is 4.60 Å². The van der Waals surface area contributed by atoms with Crippen LogP contribution in [0.4, 0.5) is 0 Å². The van der Waals surface area contributed by atoms with E-state index in [0.29, 0.717) is 0 Å². The van der Waals surface area contributed by atoms with Crippen LogP contribution in [0.3, 0.4) is 0 Å². The van der Waals surface area contributed by atoms with Crippen molar-refractivity contribution in [1.82, 2.24) is 9.55 Å². The van der Waals surface area contributed by atoms with Crippen molar-refractivity contribution >= 4 is 27.0 Å². The van der Waals surface area contributed by atoms with Crippen LogP contribution in [-0.2, 0) is 18.2 Å². The van der Waals surface area contributed by atoms with Crippen molar-refractivity contribution in [2.45, 2.75) is 12.8 Å². The Labute approximate surface area is 104 Å². The highest BCUT2D eigenvalue weighted by Crippen LogP contribution is 2.22. The van der Waals surface area contributed by atoms with Crippen molar-refractivity contribution in [1.29, 1.82) is 0 Å². The van der Waals surface area contributed by atoms with Crippen molar-refractivity contribution in [2.24, 2.45) is 7.05 Å². The van der Waals surface area contributed by atoms with Crippen LogP contribution in [0.15, 0.2) is 22.9 Å². The third-order valence-electron chi connectivity index (χ3n) is 2.67. The molecule has 2 rings (SSSR count). The van der Waals surface area contributed by atoms with Crippen molar-refractivity contribution < 1.29 is 4.74 Å². The Morgan fingerprint density at radius 1 is 1.44 bits per heavy atom. The molecule has 0 unspecified atom stereocenters. The molecule has 0 N–H and O–H groups in total. The molecule has 0 fully saturated rings. The van der Waals surface area contributed by atoms with Crippen molar-refractivity contribution in [3.05, 3.63) is 28.5 Å². The lowest BCUT2D eigenvalue weighted by molar-refractivity contribution is 0.195. The van der Waals surface area contributed by atoms with Crippen LogP contribution < -0.4 is 0 Å². The van der Waals surface area contributed by atoms with E-state index in [-0.39, 0.29) is 0 Å². The Balaban J connectivity index is 2.33. The van der Waals surface area contributed by atoms with Gasteiger partial charge in [-0.05, 0) is 46.5 Å². The number of halogens is 1. The highest BCUT2D eigenvalue weighted by molar-refractivity contribution is 9.10. The number of fused-ring (bicyclic) bond motifs is 1. The van der Waals surface area contributed by atoms with Crippen LogP contribution >= 0.6 is 15.9 Å². The van der Waals surface area contributed by atoms with E-state index in [1.54, 1.807) is 7.11 Å². The average molecular weight is 283 g/mol. The highest BCUT2D eigenvalue weighted by atomic mass is 79.9. The standard InChI is InChI=1S/C12H15BrN2O/c1-15-8-9(4-3-7-16-2)12-10(15)5-6-11(13)14-12/h5-6,8H,3-4,7H2,1-2H3. The highest BCUT2D eigenvalue weighted by Gasteiger charge is 2.07. The van der Waals surface area contributed by atoms with Gasteiger partial charge in [-0.15, -0.1) is 0 Å². The van der Waals surface area contributed by atoms with Gasteiger partial charge in [0.2, 0.25) is 0 Å². The van der Waals surface area contributed by atoms with Gasteiger partial charge in [0.25, 0.3) is 0 Å². The number of nitrogens with zero attached hydrogens (tertiary/aromatic N) is 2. The van der Waals surface area contributed by atoms with Gasteiger partial charge < -0.3 is 9.30 Å². The minimum atomic E-state index is 0.796. The fourth-order valence-electron chi connectivity index (χ4n) is 1.90. The number of rotatable bonds is 4. The topological polar surface area (TPSA) is 27.1 Å². The molecule has 0 atom stereocenters. The number of pyridine rings is 1. The molecule has 0 aliphatic rings. The largest absolute Gasteiger partial charge is 0.385 e. The first kappa shape index (κ1) is 11.6. The maximum absolute atomic E-state index is 5.07. The lowest BCUT2D eigenvalue weighted by Gasteiger charge is -1.98. The number of aryl methyl sites for hydroxylation is 2. The number of methoxy groups -OCH3 is 1. The van der Waals surface area contributed by atoms with Crippen molar-refractivity contribution in [3.8, 4) is 0 Å². The molecule has 0 spiro atoms. The lowest BCUT2D eigenvalue weighted by atomic mass is 10.1. The molecule has 3 nitrogen and oxygen atoms in total. The Bertz CT molecular complexity index is 493. The van der Waals surface area contributed by atoms with E-state index in [0.717, 1.165) is 29.6 Å². The summed E-state index contributed by atoms with van der Waals surface area (Å²) in [5, 5.41) is 0. The Morgan fingerprint density at radius 3 is 3.00 bits per heavy atom. The van der Waals surface area contributed by atoms with Gasteiger partial charge in [0, 0.05) is 27.0 Å². The first-order valence-electron chi connectivity index (χ1n) is 5.32. The average Bonchev–Trinajstić information content (AvgIpc) is 2.56. The number of aromatic nitrogens is 2. The Hall–Kier alpha value is -0.870. The number of hydrogen-bond donors (Lipinski definition) is 0. The smallest absolute Gasteiger partial charge is 0.106 e. The van der Waals surface area contributed by atoms with Gasteiger partial charge in [-0.2, -0.15) is 0 Å². The second-order valence-electron chi connectivity index (χ2n) is 3.86. The molecule has 0 saturated heterocycles. The zero-order valence-electron chi connectivity index (χ0n) is 9.53. The van der Waals surface area contributed by atoms with E-state index >= 15 is 0 Å². The van der Waals surface area contributed by atoms with Gasteiger partial charge in [-0.3, -0.25) is 0 Å². The molecule has 0 amide bonds. The van der Waals surface area contributed by atoms with Gasteiger partial charge >= 0.3 is 0 Å². The maximum atomic E-state index is 5.07. The Kier molecular flexibility index (Phi) is 3.61. The molecule has 0 aliphatic heterocycles. The lowest BCUT2D eigenvalue weighted by Crippen LogP contribution is -1.92. The van der Waals surface area contributed by atoms with E-state index in [2.05, 4.69) is 44.8 Å². The third-order valence-corrected chi connectivity index (χ3v) is 3.11. The second kappa shape index (κ2) is 4.97. The summed E-state index contributed by atoms with van der Waals surface area (Å²) in [5.41, 5.74) is 3.56. The summed E-state index contributed by atoms with van der Waals surface area (Å²) in [6.07, 6.45) is 4.19. The molecule has 0 saturated carbocycles. The summed E-state index contributed by atoms with van der Waals surface area (Å²) in [6.45, 7) is 0.796. The second-order valence-corrected chi connectivity index (χ2v) is 4.68. The molecule has 2 aromatic rings. The SMILES string of the molecule is COCCCc1cn(C)c2ccc(Br)nc12. The van der Waals surface area contributed by atoms with E-state index in [9.17, 15) is 0 Å². The molecule has 2 heterocycles. The van der Waals surface area contributed by atoms with Crippen LogP contribution in [0.2, 0.25) is 0 Å². The molecule has 16 heavy (non-hydrogen) atoms. The minimum Gasteiger partial charge on any atom is -0.385 e. The summed E-state index contributed by atoms with van der Waals surface area (Å²) in [7, 11) is 3.79. The van der Waals surface area contributed by atoms with E-state index < -0.39 is 0 Å². The fraction of sp³-hybridized carbons (Fsp3) is 0.417. The zero-order valence-corrected chi connectivity index (χ0v) is 11.1. The molecule has 0 aliphatic carbocycles. The third kappa shape index (κ3) is 2.28. The molecule has 86 valence electrons. The maximum Gasteiger partial charge on any atom is 0.106 e. The Morgan fingerprint density at radius 2 is 2.25 bits per heavy atom. The first-order valence-corrected chi connectivity index (χ1v) is 6.11. The predicted molar refractivity (Wildman–Crippen MR) is 68.6 cm³/mol. The van der Waals surface area contributed by atoms with E-state index in [1.165, 1.54) is 11.1 Å². The molecule has 0 aromatic carbocycles. The van der Waals surface area contributed by atoms with Gasteiger partial charge in [-0.1, -0.05) is 0 Å².